The fourth-order valence-corrected chi connectivity index (χ4v) is 2.05. The van der Waals surface area contributed by atoms with Crippen LogP contribution in [-0.4, -0.2) is 24.0 Å². The molecule has 0 aliphatic rings. The molecule has 0 unspecified atom stereocenters. The summed E-state index contributed by atoms with van der Waals surface area (Å²) in [6.45, 7) is 1.23. The maximum absolute atomic E-state index is 12.0. The first-order valence-corrected chi connectivity index (χ1v) is 7.44. The predicted molar refractivity (Wildman–Crippen MR) is 101 cm³/mol. The van der Waals surface area contributed by atoms with Gasteiger partial charge in [0.15, 0.2) is 0 Å². The highest BCUT2D eigenvalue weighted by Crippen LogP contribution is 2.29. The van der Waals surface area contributed by atoms with E-state index in [4.69, 9.17) is 22.1 Å². The van der Waals surface area contributed by atoms with Crippen LogP contribution < -0.4 is 15.8 Å². The molecule has 2 rings (SSSR count). The van der Waals surface area contributed by atoms with Crippen molar-refractivity contribution in [3.8, 4) is 11.5 Å². The summed E-state index contributed by atoms with van der Waals surface area (Å²) in [7, 11) is 0. The zero-order valence-corrected chi connectivity index (χ0v) is 15.3. The molecule has 0 bridgehead atoms. The van der Waals surface area contributed by atoms with E-state index in [1.807, 2.05) is 0 Å². The lowest BCUT2D eigenvalue weighted by Crippen LogP contribution is -2.24. The largest absolute Gasteiger partial charge is 0.456 e. The number of hydrogen-bond acceptors (Lipinski definition) is 4. The molecule has 0 fully saturated rings. The number of unbranched alkanes of at least 4 members (excludes halogenated alkanes) is 1. The van der Waals surface area contributed by atoms with Crippen LogP contribution in [0.5, 0.6) is 11.5 Å². The fraction of sp³-hybridized carbons (Fsp3) is 0.250. The highest BCUT2D eigenvalue weighted by Gasteiger charge is 2.09. The van der Waals surface area contributed by atoms with Gasteiger partial charge in [0.2, 0.25) is 0 Å². The maximum Gasteiger partial charge on any atom is 0.251 e. The van der Waals surface area contributed by atoms with Gasteiger partial charge in [0.25, 0.3) is 5.91 Å². The third-order valence-corrected chi connectivity index (χ3v) is 3.28. The molecule has 24 heavy (non-hydrogen) atoms. The second kappa shape index (κ2) is 11.9. The van der Waals surface area contributed by atoms with Gasteiger partial charge in [0.05, 0.1) is 5.02 Å². The molecule has 2 aromatic rings. The molecule has 0 saturated heterocycles. The predicted octanol–water partition coefficient (Wildman–Crippen LogP) is 3.84. The summed E-state index contributed by atoms with van der Waals surface area (Å²) in [6.07, 6.45) is 5.01. The first-order valence-electron chi connectivity index (χ1n) is 7.06. The molecule has 3 N–H and O–H groups in total. The summed E-state index contributed by atoms with van der Waals surface area (Å²) in [5.41, 5.74) is 5.91. The summed E-state index contributed by atoms with van der Waals surface area (Å²) in [6, 6.07) is 8.41. The van der Waals surface area contributed by atoms with Gasteiger partial charge in [-0.3, -0.25) is 9.78 Å². The SMILES string of the molecule is Cl.Cl.NCCCCNC(=O)c1ccc(Oc2ccncc2)c(Cl)c1. The van der Waals surface area contributed by atoms with Gasteiger partial charge in [-0.15, -0.1) is 24.8 Å². The topological polar surface area (TPSA) is 77.2 Å². The lowest BCUT2D eigenvalue weighted by molar-refractivity contribution is 0.0953. The number of carbonyl (C=O) groups is 1. The van der Waals surface area contributed by atoms with Crippen LogP contribution in [0.2, 0.25) is 5.02 Å². The molecule has 1 amide bonds. The Hall–Kier alpha value is -1.53. The van der Waals surface area contributed by atoms with E-state index in [0.29, 0.717) is 35.2 Å². The molecule has 1 aromatic heterocycles. The van der Waals surface area contributed by atoms with Crippen molar-refractivity contribution < 1.29 is 9.53 Å². The van der Waals surface area contributed by atoms with Crippen molar-refractivity contribution in [1.29, 1.82) is 0 Å². The Morgan fingerprint density at radius 2 is 1.88 bits per heavy atom. The Bertz CT molecular complexity index is 627. The van der Waals surface area contributed by atoms with E-state index in [-0.39, 0.29) is 30.7 Å². The lowest BCUT2D eigenvalue weighted by atomic mass is 10.2. The molecule has 5 nitrogen and oxygen atoms in total. The molecule has 8 heteroatoms. The maximum atomic E-state index is 12.0. The van der Waals surface area contributed by atoms with Gasteiger partial charge in [-0.05, 0) is 49.7 Å². The Labute approximate surface area is 158 Å². The minimum Gasteiger partial charge on any atom is -0.456 e. The van der Waals surface area contributed by atoms with Crippen LogP contribution in [-0.2, 0) is 0 Å². The number of nitrogens with zero attached hydrogens (tertiary/aromatic N) is 1. The van der Waals surface area contributed by atoms with E-state index in [1.165, 1.54) is 0 Å². The van der Waals surface area contributed by atoms with Crippen molar-refractivity contribution in [1.82, 2.24) is 10.3 Å². The second-order valence-electron chi connectivity index (χ2n) is 4.68. The first kappa shape index (κ1) is 22.5. The molecule has 1 heterocycles. The zero-order valence-electron chi connectivity index (χ0n) is 12.9. The fourth-order valence-electron chi connectivity index (χ4n) is 1.83. The third-order valence-electron chi connectivity index (χ3n) is 2.99. The lowest BCUT2D eigenvalue weighted by Gasteiger charge is -2.09. The summed E-state index contributed by atoms with van der Waals surface area (Å²) in [5.74, 6) is 0.970. The van der Waals surface area contributed by atoms with E-state index < -0.39 is 0 Å². The number of rotatable bonds is 7. The minimum atomic E-state index is -0.158. The second-order valence-corrected chi connectivity index (χ2v) is 5.09. The van der Waals surface area contributed by atoms with Crippen LogP contribution in [0.25, 0.3) is 0 Å². The number of halogens is 3. The molecule has 0 saturated carbocycles. The monoisotopic (exact) mass is 391 g/mol. The summed E-state index contributed by atoms with van der Waals surface area (Å²) in [4.78, 5) is 15.9. The smallest absolute Gasteiger partial charge is 0.251 e. The van der Waals surface area contributed by atoms with E-state index in [0.717, 1.165) is 12.8 Å². The average molecular weight is 393 g/mol. The Morgan fingerprint density at radius 3 is 2.50 bits per heavy atom. The summed E-state index contributed by atoms with van der Waals surface area (Å²) in [5, 5.41) is 3.21. The van der Waals surface area contributed by atoms with Crippen molar-refractivity contribution >= 4 is 42.3 Å². The number of hydrogen-bond donors (Lipinski definition) is 2. The highest BCUT2D eigenvalue weighted by atomic mass is 35.5. The number of benzene rings is 1. The number of aromatic nitrogens is 1. The Morgan fingerprint density at radius 1 is 1.17 bits per heavy atom. The number of pyridine rings is 1. The molecule has 132 valence electrons. The van der Waals surface area contributed by atoms with E-state index in [9.17, 15) is 4.79 Å². The Kier molecular flexibility index (Phi) is 11.2. The van der Waals surface area contributed by atoms with Gasteiger partial charge >= 0.3 is 0 Å². The Balaban J connectivity index is 0.00000264. The molecular weight excluding hydrogens is 373 g/mol. The normalized spacial score (nSPS) is 9.42. The van der Waals surface area contributed by atoms with Crippen LogP contribution in [0, 0.1) is 0 Å². The quantitative estimate of drug-likeness (QED) is 0.702. The molecular formula is C16H20Cl3N3O2. The van der Waals surface area contributed by atoms with Crippen LogP contribution in [0.3, 0.4) is 0 Å². The zero-order chi connectivity index (χ0) is 15.8. The molecule has 0 spiro atoms. The van der Waals surface area contributed by atoms with E-state index >= 15 is 0 Å². The number of carbonyl (C=O) groups excluding carboxylic acids is 1. The molecule has 0 radical (unpaired) electrons. The molecule has 0 aliphatic carbocycles. The number of nitrogens with two attached hydrogens (primary N) is 1. The van der Waals surface area contributed by atoms with E-state index in [1.54, 1.807) is 42.7 Å². The number of ether oxygens (including phenoxy) is 1. The van der Waals surface area contributed by atoms with Crippen molar-refractivity contribution in [2.45, 2.75) is 12.8 Å². The van der Waals surface area contributed by atoms with Crippen LogP contribution in [0.1, 0.15) is 23.2 Å². The summed E-state index contributed by atoms with van der Waals surface area (Å²) < 4.78 is 5.64. The molecule has 0 atom stereocenters. The van der Waals surface area contributed by atoms with Gasteiger partial charge in [0, 0.05) is 24.5 Å². The van der Waals surface area contributed by atoms with Crippen molar-refractivity contribution in [3.63, 3.8) is 0 Å². The molecule has 0 aliphatic heterocycles. The van der Waals surface area contributed by atoms with Gasteiger partial charge in [0.1, 0.15) is 11.5 Å². The average Bonchev–Trinajstić information content (AvgIpc) is 2.54. The summed E-state index contributed by atoms with van der Waals surface area (Å²) >= 11 is 6.17. The first-order chi connectivity index (χ1) is 10.7. The van der Waals surface area contributed by atoms with Crippen LogP contribution in [0.4, 0.5) is 0 Å². The third kappa shape index (κ3) is 6.93. The van der Waals surface area contributed by atoms with E-state index in [2.05, 4.69) is 10.3 Å². The van der Waals surface area contributed by atoms with Crippen molar-refractivity contribution in [3.05, 3.63) is 53.3 Å². The standard InChI is InChI=1S/C16H18ClN3O2.2ClH/c17-14-11-12(16(21)20-8-2-1-7-18)3-4-15(14)22-13-5-9-19-10-6-13;;/h3-6,9-11H,1-2,7-8,18H2,(H,20,21);2*1H. The van der Waals surface area contributed by atoms with Crippen LogP contribution >= 0.6 is 36.4 Å². The van der Waals surface area contributed by atoms with Crippen molar-refractivity contribution in [2.75, 3.05) is 13.1 Å². The molecule has 1 aromatic carbocycles. The highest BCUT2D eigenvalue weighted by molar-refractivity contribution is 6.32. The van der Waals surface area contributed by atoms with Gasteiger partial charge in [-0.25, -0.2) is 0 Å². The van der Waals surface area contributed by atoms with Gasteiger partial charge in [-0.1, -0.05) is 11.6 Å². The minimum absolute atomic E-state index is 0. The van der Waals surface area contributed by atoms with Crippen LogP contribution in [0.15, 0.2) is 42.7 Å². The van der Waals surface area contributed by atoms with Gasteiger partial charge in [-0.2, -0.15) is 0 Å². The van der Waals surface area contributed by atoms with Gasteiger partial charge < -0.3 is 15.8 Å². The van der Waals surface area contributed by atoms with Crippen molar-refractivity contribution in [2.24, 2.45) is 5.73 Å². The number of amides is 1. The number of nitrogens with one attached hydrogen (secondary N) is 1.